The van der Waals surface area contributed by atoms with Crippen LogP contribution in [0.25, 0.3) is 0 Å². The number of aryl methyl sites for hydroxylation is 1. The van der Waals surface area contributed by atoms with Gasteiger partial charge in [-0.2, -0.15) is 0 Å². The van der Waals surface area contributed by atoms with Crippen LogP contribution in [0.15, 0.2) is 54.6 Å². The highest BCUT2D eigenvalue weighted by Crippen LogP contribution is 2.18. The Balaban J connectivity index is 1.48. The van der Waals surface area contributed by atoms with Crippen LogP contribution in [0.3, 0.4) is 0 Å². The van der Waals surface area contributed by atoms with Crippen molar-refractivity contribution in [2.75, 3.05) is 11.9 Å². The Morgan fingerprint density at radius 2 is 1.73 bits per heavy atom. The SMILES string of the molecule is O=C(C[C@@H]1NC(=O)c2ccccc2NC1=O)NCCCc1ccccc1. The standard InChI is InChI=1S/C20H21N3O3/c24-18(21-12-6-9-14-7-2-1-3-8-14)13-17-20(26)22-16-11-5-4-10-15(16)19(25)23-17/h1-5,7-8,10-11,17H,6,9,12-13H2,(H,21,24)(H,22,26)(H,23,25)/t17-/m0/s1. The number of hydrogen-bond acceptors (Lipinski definition) is 3. The summed E-state index contributed by atoms with van der Waals surface area (Å²) >= 11 is 0. The third kappa shape index (κ3) is 4.47. The van der Waals surface area contributed by atoms with Gasteiger partial charge in [-0.15, -0.1) is 0 Å². The van der Waals surface area contributed by atoms with Crippen LogP contribution in [0.5, 0.6) is 0 Å². The number of carbonyl (C=O) groups is 3. The summed E-state index contributed by atoms with van der Waals surface area (Å²) in [6.45, 7) is 0.524. The summed E-state index contributed by atoms with van der Waals surface area (Å²) in [5, 5.41) is 8.12. The average molecular weight is 351 g/mol. The van der Waals surface area contributed by atoms with E-state index < -0.39 is 6.04 Å². The summed E-state index contributed by atoms with van der Waals surface area (Å²) in [5.41, 5.74) is 2.07. The molecular weight excluding hydrogens is 330 g/mol. The zero-order chi connectivity index (χ0) is 18.4. The van der Waals surface area contributed by atoms with E-state index in [2.05, 4.69) is 16.0 Å². The molecule has 0 saturated carbocycles. The predicted octanol–water partition coefficient (Wildman–Crippen LogP) is 1.88. The van der Waals surface area contributed by atoms with Crippen molar-refractivity contribution >= 4 is 23.4 Å². The lowest BCUT2D eigenvalue weighted by Gasteiger charge is -2.14. The van der Waals surface area contributed by atoms with Crippen LogP contribution in [0, 0.1) is 0 Å². The normalized spacial score (nSPS) is 16.1. The van der Waals surface area contributed by atoms with E-state index in [0.29, 0.717) is 17.8 Å². The lowest BCUT2D eigenvalue weighted by atomic mass is 10.1. The molecule has 2 aromatic rings. The smallest absolute Gasteiger partial charge is 0.254 e. The first-order valence-electron chi connectivity index (χ1n) is 8.65. The molecule has 0 aliphatic carbocycles. The van der Waals surface area contributed by atoms with E-state index in [4.69, 9.17) is 0 Å². The zero-order valence-corrected chi connectivity index (χ0v) is 14.3. The third-order valence-electron chi connectivity index (χ3n) is 4.25. The van der Waals surface area contributed by atoms with E-state index >= 15 is 0 Å². The van der Waals surface area contributed by atoms with Crippen molar-refractivity contribution in [3.05, 3.63) is 65.7 Å². The van der Waals surface area contributed by atoms with E-state index in [1.54, 1.807) is 24.3 Å². The second-order valence-corrected chi connectivity index (χ2v) is 6.20. The number of benzene rings is 2. The maximum Gasteiger partial charge on any atom is 0.254 e. The molecule has 1 aliphatic heterocycles. The minimum Gasteiger partial charge on any atom is -0.356 e. The highest BCUT2D eigenvalue weighted by Gasteiger charge is 2.29. The van der Waals surface area contributed by atoms with Gasteiger partial charge in [0.1, 0.15) is 6.04 Å². The molecular formula is C20H21N3O3. The summed E-state index contributed by atoms with van der Waals surface area (Å²) in [4.78, 5) is 36.6. The van der Waals surface area contributed by atoms with Gasteiger partial charge >= 0.3 is 0 Å². The fraction of sp³-hybridized carbons (Fsp3) is 0.250. The van der Waals surface area contributed by atoms with Gasteiger partial charge in [-0.05, 0) is 30.5 Å². The molecule has 6 nitrogen and oxygen atoms in total. The number of nitrogens with one attached hydrogen (secondary N) is 3. The molecule has 3 amide bonds. The Hall–Kier alpha value is -3.15. The summed E-state index contributed by atoms with van der Waals surface area (Å²) in [7, 11) is 0. The van der Waals surface area contributed by atoms with Crippen LogP contribution in [0.4, 0.5) is 5.69 Å². The van der Waals surface area contributed by atoms with Crippen LogP contribution in [0.2, 0.25) is 0 Å². The number of carbonyl (C=O) groups excluding carboxylic acids is 3. The molecule has 0 bridgehead atoms. The van der Waals surface area contributed by atoms with Crippen LogP contribution < -0.4 is 16.0 Å². The highest BCUT2D eigenvalue weighted by molar-refractivity contribution is 6.10. The average Bonchev–Trinajstić information content (AvgIpc) is 2.76. The number of amides is 3. The third-order valence-corrected chi connectivity index (χ3v) is 4.25. The van der Waals surface area contributed by atoms with Crippen molar-refractivity contribution in [1.29, 1.82) is 0 Å². The molecule has 1 heterocycles. The Labute approximate surface area is 152 Å². The Kier molecular flexibility index (Phi) is 5.63. The molecule has 0 aromatic heterocycles. The molecule has 0 radical (unpaired) electrons. The summed E-state index contributed by atoms with van der Waals surface area (Å²) in [6, 6.07) is 15.9. The quantitative estimate of drug-likeness (QED) is 0.695. The van der Waals surface area contributed by atoms with E-state index in [0.717, 1.165) is 12.8 Å². The van der Waals surface area contributed by atoms with Gasteiger partial charge in [0.05, 0.1) is 17.7 Å². The van der Waals surface area contributed by atoms with E-state index in [1.165, 1.54) is 5.56 Å². The first-order chi connectivity index (χ1) is 12.6. The van der Waals surface area contributed by atoms with Gasteiger partial charge in [-0.1, -0.05) is 42.5 Å². The lowest BCUT2D eigenvalue weighted by Crippen LogP contribution is -2.44. The number of fused-ring (bicyclic) bond motifs is 1. The van der Waals surface area contributed by atoms with Gasteiger partial charge in [0.2, 0.25) is 11.8 Å². The van der Waals surface area contributed by atoms with Gasteiger partial charge in [-0.25, -0.2) is 0 Å². The number of rotatable bonds is 6. The molecule has 1 aliphatic rings. The molecule has 0 unspecified atom stereocenters. The van der Waals surface area contributed by atoms with Crippen molar-refractivity contribution in [3.8, 4) is 0 Å². The Morgan fingerprint density at radius 3 is 2.54 bits per heavy atom. The number of anilines is 1. The van der Waals surface area contributed by atoms with Crippen molar-refractivity contribution in [2.45, 2.75) is 25.3 Å². The van der Waals surface area contributed by atoms with Gasteiger partial charge in [0.15, 0.2) is 0 Å². The second kappa shape index (κ2) is 8.29. The lowest BCUT2D eigenvalue weighted by molar-refractivity contribution is -0.125. The summed E-state index contributed by atoms with van der Waals surface area (Å²) < 4.78 is 0. The highest BCUT2D eigenvalue weighted by atomic mass is 16.2. The van der Waals surface area contributed by atoms with Gasteiger partial charge in [0, 0.05) is 6.54 Å². The minimum absolute atomic E-state index is 0.0864. The fourth-order valence-electron chi connectivity index (χ4n) is 2.88. The first-order valence-corrected chi connectivity index (χ1v) is 8.65. The molecule has 1 atom stereocenters. The first kappa shape index (κ1) is 17.7. The molecule has 26 heavy (non-hydrogen) atoms. The topological polar surface area (TPSA) is 87.3 Å². The maximum absolute atomic E-state index is 12.3. The summed E-state index contributed by atoms with van der Waals surface area (Å²) in [5.74, 6) is -1.01. The summed E-state index contributed by atoms with van der Waals surface area (Å²) in [6.07, 6.45) is 1.60. The van der Waals surface area contributed by atoms with Crippen LogP contribution in [-0.2, 0) is 16.0 Å². The minimum atomic E-state index is -0.885. The molecule has 134 valence electrons. The van der Waals surface area contributed by atoms with E-state index in [-0.39, 0.29) is 24.1 Å². The largest absolute Gasteiger partial charge is 0.356 e. The zero-order valence-electron chi connectivity index (χ0n) is 14.3. The molecule has 3 rings (SSSR count). The Bertz CT molecular complexity index is 805. The fourth-order valence-corrected chi connectivity index (χ4v) is 2.88. The molecule has 0 fully saturated rings. The second-order valence-electron chi connectivity index (χ2n) is 6.20. The maximum atomic E-state index is 12.3. The van der Waals surface area contributed by atoms with Crippen molar-refractivity contribution < 1.29 is 14.4 Å². The number of hydrogen-bond donors (Lipinski definition) is 3. The van der Waals surface area contributed by atoms with Crippen molar-refractivity contribution in [1.82, 2.24) is 10.6 Å². The van der Waals surface area contributed by atoms with Crippen molar-refractivity contribution in [3.63, 3.8) is 0 Å². The van der Waals surface area contributed by atoms with E-state index in [1.807, 2.05) is 30.3 Å². The van der Waals surface area contributed by atoms with E-state index in [9.17, 15) is 14.4 Å². The number of para-hydroxylation sites is 1. The van der Waals surface area contributed by atoms with Crippen LogP contribution in [0.1, 0.15) is 28.8 Å². The van der Waals surface area contributed by atoms with Crippen LogP contribution >= 0.6 is 0 Å². The van der Waals surface area contributed by atoms with Gasteiger partial charge < -0.3 is 16.0 Å². The van der Waals surface area contributed by atoms with Gasteiger partial charge in [-0.3, -0.25) is 14.4 Å². The molecule has 0 spiro atoms. The molecule has 3 N–H and O–H groups in total. The molecule has 2 aromatic carbocycles. The van der Waals surface area contributed by atoms with Crippen molar-refractivity contribution in [2.24, 2.45) is 0 Å². The molecule has 6 heteroatoms. The molecule has 0 saturated heterocycles. The van der Waals surface area contributed by atoms with Crippen LogP contribution in [-0.4, -0.2) is 30.3 Å². The van der Waals surface area contributed by atoms with Gasteiger partial charge in [0.25, 0.3) is 5.91 Å². The Morgan fingerprint density at radius 1 is 1.00 bits per heavy atom. The predicted molar refractivity (Wildman–Crippen MR) is 98.7 cm³/mol. The monoisotopic (exact) mass is 351 g/mol.